The zero-order valence-electron chi connectivity index (χ0n) is 22.3. The zero-order chi connectivity index (χ0) is 26.2. The van der Waals surface area contributed by atoms with Crippen molar-refractivity contribution in [3.05, 3.63) is 52.9 Å². The maximum Gasteiger partial charge on any atom is 0.246 e. The fourth-order valence-electron chi connectivity index (χ4n) is 5.71. The Labute approximate surface area is 227 Å². The summed E-state index contributed by atoms with van der Waals surface area (Å²) in [6, 6.07) is 14.2. The topological polar surface area (TPSA) is 74.3 Å². The summed E-state index contributed by atoms with van der Waals surface area (Å²) in [5.74, 6) is 0.159. The van der Waals surface area contributed by atoms with Crippen LogP contribution in [0.4, 0.5) is 0 Å². The van der Waals surface area contributed by atoms with Crippen molar-refractivity contribution < 1.29 is 12.4 Å². The average molecular weight is 525 g/mol. The third-order valence-corrected chi connectivity index (χ3v) is 8.40. The summed E-state index contributed by atoms with van der Waals surface area (Å²) < 4.78 is 0. The number of likely N-dealkylation sites (N-methyl/N-ethyl adjacent to an activating group) is 1. The van der Waals surface area contributed by atoms with E-state index in [-0.39, 0.29) is 33.2 Å². The van der Waals surface area contributed by atoms with E-state index >= 15 is 0 Å². The number of hydrogen-bond acceptors (Lipinski definition) is 5. The van der Waals surface area contributed by atoms with Crippen LogP contribution in [-0.2, 0) is 9.59 Å². The van der Waals surface area contributed by atoms with Crippen molar-refractivity contribution in [3.63, 3.8) is 0 Å². The van der Waals surface area contributed by atoms with Crippen molar-refractivity contribution in [2.75, 3.05) is 20.1 Å². The maximum absolute atomic E-state index is 13.9. The Balaban J connectivity index is 0.00000130. The van der Waals surface area contributed by atoms with E-state index in [1.165, 1.54) is 17.2 Å². The molecule has 5 rings (SSSR count). The zero-order valence-corrected chi connectivity index (χ0v) is 23.2. The van der Waals surface area contributed by atoms with Crippen molar-refractivity contribution in [2.45, 2.75) is 70.9 Å². The van der Waals surface area contributed by atoms with Gasteiger partial charge in [-0.2, -0.15) is 0 Å². The van der Waals surface area contributed by atoms with Gasteiger partial charge in [-0.25, -0.2) is 4.98 Å². The number of thiazole rings is 1. The van der Waals surface area contributed by atoms with E-state index < -0.39 is 6.04 Å². The lowest BCUT2D eigenvalue weighted by Crippen LogP contribution is -2.53. The minimum Gasteiger partial charge on any atom is -0.343 e. The predicted molar refractivity (Wildman–Crippen MR) is 157 cm³/mol. The molecule has 1 saturated heterocycles. The van der Waals surface area contributed by atoms with Crippen LogP contribution in [0.1, 0.15) is 72.7 Å². The third-order valence-electron chi connectivity index (χ3n) is 7.45. The highest BCUT2D eigenvalue weighted by atomic mass is 32.1. The van der Waals surface area contributed by atoms with Crippen LogP contribution in [0.3, 0.4) is 0 Å². The molecule has 2 fully saturated rings. The quantitative estimate of drug-likeness (QED) is 0.373. The number of fused-ring (bicyclic) bond motifs is 1. The Morgan fingerprint density at radius 1 is 1.05 bits per heavy atom. The highest BCUT2D eigenvalue weighted by molar-refractivity contribution is 7.10. The van der Waals surface area contributed by atoms with E-state index in [2.05, 4.69) is 58.5 Å². The number of amides is 2. The monoisotopic (exact) mass is 524 g/mol. The van der Waals surface area contributed by atoms with E-state index in [1.807, 2.05) is 18.7 Å². The molecule has 0 spiro atoms. The Kier molecular flexibility index (Phi) is 9.69. The molecule has 2 aliphatic rings. The number of rotatable bonds is 7. The number of aromatic nitrogens is 1. The minimum atomic E-state index is -0.450. The van der Waals surface area contributed by atoms with Gasteiger partial charge in [0, 0.05) is 20.3 Å². The number of nitrogens with zero attached hydrogens (tertiary/aromatic N) is 2. The number of hydrogen-bond donors (Lipinski definition) is 2. The number of carbonyl (C=O) groups excluding carboxylic acids is 2. The van der Waals surface area contributed by atoms with Gasteiger partial charge in [0.25, 0.3) is 0 Å². The first kappa shape index (κ1) is 27.3. The van der Waals surface area contributed by atoms with Gasteiger partial charge < -0.3 is 15.5 Å². The molecular formula is C30H44N4O2S. The summed E-state index contributed by atoms with van der Waals surface area (Å²) in [6.07, 6.45) is 7.33. The van der Waals surface area contributed by atoms with Gasteiger partial charge >= 0.3 is 0 Å². The second-order valence-corrected chi connectivity index (χ2v) is 10.7. The van der Waals surface area contributed by atoms with Gasteiger partial charge in [0.1, 0.15) is 11.0 Å². The summed E-state index contributed by atoms with van der Waals surface area (Å²) in [4.78, 5) is 33.4. The molecule has 1 saturated carbocycles. The number of likely N-dealkylation sites (tertiary alicyclic amines) is 1. The van der Waals surface area contributed by atoms with Gasteiger partial charge in [0.2, 0.25) is 11.8 Å². The van der Waals surface area contributed by atoms with E-state index in [0.717, 1.165) is 61.3 Å². The first-order valence-corrected chi connectivity index (χ1v) is 14.7. The number of nitrogens with one attached hydrogen (secondary N) is 2. The number of benzene rings is 2. The Morgan fingerprint density at radius 2 is 1.81 bits per heavy atom. The molecule has 2 aromatic carbocycles. The van der Waals surface area contributed by atoms with E-state index in [1.54, 1.807) is 18.4 Å². The first-order valence-electron chi connectivity index (χ1n) is 13.8. The standard InChI is InChI=1S/C28H34N4O2S.C2H6.2H2/c1-29-17-25(33)31-26(20-10-3-2-4-11-20)28(34)32-16-8-15-24(32)27-30-23(18-35-27)22-14-7-12-19-9-5-6-13-21(19)22;1-2;;/h5-7,9,12-14,18,20,24,26,29H,2-4,8,10-11,15-17H2,1H3,(H,31,33);1-2H3;2*1H/t24-,26-;;;/m0.../s1. The van der Waals surface area contributed by atoms with Crippen LogP contribution >= 0.6 is 11.3 Å². The van der Waals surface area contributed by atoms with E-state index in [9.17, 15) is 9.59 Å². The lowest BCUT2D eigenvalue weighted by Gasteiger charge is -2.34. The Hall–Kier alpha value is -2.77. The van der Waals surface area contributed by atoms with Gasteiger partial charge in [-0.1, -0.05) is 75.6 Å². The van der Waals surface area contributed by atoms with Crippen molar-refractivity contribution in [2.24, 2.45) is 5.92 Å². The highest BCUT2D eigenvalue weighted by Gasteiger charge is 2.39. The summed E-state index contributed by atoms with van der Waals surface area (Å²) in [7, 11) is 1.75. The van der Waals surface area contributed by atoms with Gasteiger partial charge in [-0.15, -0.1) is 11.3 Å². The minimum absolute atomic E-state index is 0. The van der Waals surface area contributed by atoms with Crippen LogP contribution in [0.5, 0.6) is 0 Å². The molecule has 37 heavy (non-hydrogen) atoms. The molecule has 1 aliphatic carbocycles. The van der Waals surface area contributed by atoms with Crippen LogP contribution in [-0.4, -0.2) is 47.9 Å². The van der Waals surface area contributed by atoms with Gasteiger partial charge in [-0.3, -0.25) is 9.59 Å². The van der Waals surface area contributed by atoms with E-state index in [4.69, 9.17) is 4.98 Å². The normalized spacial score (nSPS) is 18.8. The van der Waals surface area contributed by atoms with Gasteiger partial charge in [0.05, 0.1) is 18.3 Å². The van der Waals surface area contributed by atoms with E-state index in [0.29, 0.717) is 0 Å². The van der Waals surface area contributed by atoms with Crippen molar-refractivity contribution in [1.29, 1.82) is 0 Å². The van der Waals surface area contributed by atoms with Crippen LogP contribution in [0, 0.1) is 5.92 Å². The smallest absolute Gasteiger partial charge is 0.246 e. The molecule has 0 unspecified atom stereocenters. The average Bonchev–Trinajstić information content (AvgIpc) is 3.63. The molecule has 2 N–H and O–H groups in total. The molecule has 7 heteroatoms. The molecule has 2 atom stereocenters. The van der Waals surface area contributed by atoms with Crippen LogP contribution in [0.15, 0.2) is 47.8 Å². The second kappa shape index (κ2) is 13.2. The van der Waals surface area contributed by atoms with Crippen LogP contribution < -0.4 is 10.6 Å². The molecular weight excluding hydrogens is 480 g/mol. The van der Waals surface area contributed by atoms with Gasteiger partial charge in [-0.05, 0) is 49.4 Å². The van der Waals surface area contributed by atoms with Crippen LogP contribution in [0.2, 0.25) is 0 Å². The molecule has 2 amide bonds. The largest absolute Gasteiger partial charge is 0.343 e. The molecule has 1 aliphatic heterocycles. The lowest BCUT2D eigenvalue weighted by molar-refractivity contribution is -0.139. The summed E-state index contributed by atoms with van der Waals surface area (Å²) in [5.41, 5.74) is 2.09. The van der Waals surface area contributed by atoms with Crippen molar-refractivity contribution in [3.8, 4) is 11.3 Å². The molecule has 6 nitrogen and oxygen atoms in total. The molecule has 202 valence electrons. The molecule has 0 bridgehead atoms. The summed E-state index contributed by atoms with van der Waals surface area (Å²) in [6.45, 7) is 4.94. The lowest BCUT2D eigenvalue weighted by atomic mass is 9.83. The maximum atomic E-state index is 13.9. The summed E-state index contributed by atoms with van der Waals surface area (Å²) >= 11 is 1.64. The van der Waals surface area contributed by atoms with Crippen LogP contribution in [0.25, 0.3) is 22.0 Å². The molecule has 1 aromatic heterocycles. The molecule has 2 heterocycles. The summed E-state index contributed by atoms with van der Waals surface area (Å²) in [5, 5.41) is 11.5. The van der Waals surface area contributed by atoms with Crippen molar-refractivity contribution >= 4 is 33.9 Å². The van der Waals surface area contributed by atoms with Gasteiger partial charge in [0.15, 0.2) is 0 Å². The Morgan fingerprint density at radius 3 is 2.59 bits per heavy atom. The SMILES string of the molecule is CC.CNCC(=O)N[C@H](C(=O)N1CCC[C@H]1c1nc(-c2cccc3ccccc23)cs1)C1CCCCC1.[HH].[HH]. The molecule has 3 aromatic rings. The fraction of sp³-hybridized carbons (Fsp3) is 0.500. The second-order valence-electron chi connectivity index (χ2n) is 9.76. The van der Waals surface area contributed by atoms with Crippen molar-refractivity contribution in [1.82, 2.24) is 20.5 Å². The Bertz CT molecular complexity index is 1190. The number of carbonyl (C=O) groups is 2. The molecule has 0 radical (unpaired) electrons. The fourth-order valence-corrected chi connectivity index (χ4v) is 6.68. The first-order chi connectivity index (χ1) is 18.2. The third kappa shape index (κ3) is 6.21. The predicted octanol–water partition coefficient (Wildman–Crippen LogP) is 6.43. The highest BCUT2D eigenvalue weighted by Crippen LogP contribution is 2.38.